The summed E-state index contributed by atoms with van der Waals surface area (Å²) in [6, 6.07) is 21.0. The summed E-state index contributed by atoms with van der Waals surface area (Å²) in [5, 5.41) is 0.406. The van der Waals surface area contributed by atoms with Crippen LogP contribution in [-0.4, -0.2) is 19.2 Å². The Balaban J connectivity index is 1.48. The van der Waals surface area contributed by atoms with E-state index in [9.17, 15) is 9.59 Å². The second-order valence-corrected chi connectivity index (χ2v) is 6.64. The minimum atomic E-state index is -0.589. The lowest BCUT2D eigenvalue weighted by Gasteiger charge is -2.11. The molecule has 0 spiro atoms. The molecule has 0 aliphatic rings. The van der Waals surface area contributed by atoms with Gasteiger partial charge in [-0.3, -0.25) is 4.79 Å². The Morgan fingerprint density at radius 1 is 0.903 bits per heavy atom. The molecule has 156 valence electrons. The first-order valence-corrected chi connectivity index (χ1v) is 9.82. The molecule has 4 aromatic rings. The molecule has 3 aromatic carbocycles. The zero-order chi connectivity index (χ0) is 21.6. The third-order valence-corrected chi connectivity index (χ3v) is 4.56. The predicted octanol–water partition coefficient (Wildman–Crippen LogP) is 4.84. The van der Waals surface area contributed by atoms with Gasteiger partial charge in [0.15, 0.2) is 23.5 Å². The fourth-order valence-corrected chi connectivity index (χ4v) is 3.13. The Labute approximate surface area is 178 Å². The first kappa shape index (κ1) is 20.2. The maximum Gasteiger partial charge on any atom is 0.349 e. The van der Waals surface area contributed by atoms with Gasteiger partial charge in [0.2, 0.25) is 0 Å². The van der Waals surface area contributed by atoms with E-state index in [1.807, 2.05) is 43.3 Å². The zero-order valence-electron chi connectivity index (χ0n) is 16.9. The van der Waals surface area contributed by atoms with Gasteiger partial charge in [0.1, 0.15) is 17.6 Å². The molecule has 0 aliphatic carbocycles. The molecule has 0 aliphatic heterocycles. The minimum Gasteiger partial charge on any atom is -0.490 e. The van der Waals surface area contributed by atoms with Gasteiger partial charge in [0.05, 0.1) is 17.6 Å². The van der Waals surface area contributed by atoms with Crippen molar-refractivity contribution in [2.75, 3.05) is 13.2 Å². The van der Waals surface area contributed by atoms with Crippen LogP contribution in [0.25, 0.3) is 22.1 Å². The lowest BCUT2D eigenvalue weighted by atomic mass is 10.1. The van der Waals surface area contributed by atoms with Gasteiger partial charge < -0.3 is 18.6 Å². The van der Waals surface area contributed by atoms with E-state index in [0.717, 1.165) is 5.56 Å². The second-order valence-electron chi connectivity index (χ2n) is 6.64. The number of benzene rings is 3. The number of hydrogen-bond donors (Lipinski definition) is 0. The number of carbonyl (C=O) groups is 1. The lowest BCUT2D eigenvalue weighted by Crippen LogP contribution is -2.18. The molecule has 0 atom stereocenters. The molecular formula is C25H20O6. The van der Waals surface area contributed by atoms with Crippen LogP contribution in [0.5, 0.6) is 17.2 Å². The van der Waals surface area contributed by atoms with E-state index in [1.54, 1.807) is 30.3 Å². The summed E-state index contributed by atoms with van der Waals surface area (Å²) < 4.78 is 22.0. The number of esters is 1. The molecule has 0 bridgehead atoms. The highest BCUT2D eigenvalue weighted by Gasteiger charge is 2.13. The smallest absolute Gasteiger partial charge is 0.349 e. The van der Waals surface area contributed by atoms with E-state index in [2.05, 4.69) is 0 Å². The van der Waals surface area contributed by atoms with E-state index >= 15 is 0 Å². The summed E-state index contributed by atoms with van der Waals surface area (Å²) in [4.78, 5) is 25.0. The Kier molecular flexibility index (Phi) is 5.98. The molecule has 0 amide bonds. The fraction of sp³-hybridized carbons (Fsp3) is 0.120. The largest absolute Gasteiger partial charge is 0.490 e. The second kappa shape index (κ2) is 9.17. The predicted molar refractivity (Wildman–Crippen MR) is 117 cm³/mol. The fourth-order valence-electron chi connectivity index (χ4n) is 3.13. The number of rotatable bonds is 7. The van der Waals surface area contributed by atoms with Crippen molar-refractivity contribution < 1.29 is 23.4 Å². The standard InChI is InChI=1S/C25H20O6/c1-2-28-21-10-6-7-11-22(21)30-16-24(26)31-18-12-13-19-23(14-18)29-15-20(25(19)27)17-8-4-3-5-9-17/h3-15H,2,16H2,1H3. The Morgan fingerprint density at radius 2 is 1.61 bits per heavy atom. The average molecular weight is 416 g/mol. The summed E-state index contributed by atoms with van der Waals surface area (Å²) >= 11 is 0. The van der Waals surface area contributed by atoms with Crippen molar-refractivity contribution >= 4 is 16.9 Å². The van der Waals surface area contributed by atoms with Crippen LogP contribution in [0.4, 0.5) is 0 Å². The van der Waals surface area contributed by atoms with Crippen LogP contribution >= 0.6 is 0 Å². The van der Waals surface area contributed by atoms with Crippen molar-refractivity contribution in [3.05, 3.63) is 89.3 Å². The molecule has 6 nitrogen and oxygen atoms in total. The number of para-hydroxylation sites is 2. The van der Waals surface area contributed by atoms with Gasteiger partial charge in [-0.15, -0.1) is 0 Å². The van der Waals surface area contributed by atoms with Crippen LogP contribution in [0.1, 0.15) is 6.92 Å². The molecule has 0 radical (unpaired) electrons. The van der Waals surface area contributed by atoms with Gasteiger partial charge in [-0.25, -0.2) is 4.79 Å². The van der Waals surface area contributed by atoms with E-state index in [4.69, 9.17) is 18.6 Å². The van der Waals surface area contributed by atoms with Crippen molar-refractivity contribution in [1.82, 2.24) is 0 Å². The number of carbonyl (C=O) groups excluding carboxylic acids is 1. The van der Waals surface area contributed by atoms with Crippen molar-refractivity contribution in [2.24, 2.45) is 0 Å². The van der Waals surface area contributed by atoms with Crippen LogP contribution in [0.2, 0.25) is 0 Å². The summed E-state index contributed by atoms with van der Waals surface area (Å²) in [5.41, 5.74) is 1.43. The quantitative estimate of drug-likeness (QED) is 0.317. The van der Waals surface area contributed by atoms with Gasteiger partial charge in [-0.05, 0) is 36.8 Å². The molecule has 31 heavy (non-hydrogen) atoms. The van der Waals surface area contributed by atoms with Crippen LogP contribution in [0.15, 0.2) is 88.3 Å². The molecule has 0 N–H and O–H groups in total. The van der Waals surface area contributed by atoms with Gasteiger partial charge >= 0.3 is 5.97 Å². The SMILES string of the molecule is CCOc1ccccc1OCC(=O)Oc1ccc2c(=O)c(-c3ccccc3)coc2c1. The molecule has 1 heterocycles. The van der Waals surface area contributed by atoms with Crippen LogP contribution in [0.3, 0.4) is 0 Å². The number of hydrogen-bond acceptors (Lipinski definition) is 6. The van der Waals surface area contributed by atoms with Gasteiger partial charge in [0, 0.05) is 6.07 Å². The van der Waals surface area contributed by atoms with Crippen molar-refractivity contribution in [3.8, 4) is 28.4 Å². The van der Waals surface area contributed by atoms with Crippen molar-refractivity contribution in [1.29, 1.82) is 0 Å². The topological polar surface area (TPSA) is 75.0 Å². The Morgan fingerprint density at radius 3 is 2.35 bits per heavy atom. The molecule has 1 aromatic heterocycles. The zero-order valence-corrected chi connectivity index (χ0v) is 16.9. The summed E-state index contributed by atoms with van der Waals surface area (Å²) in [7, 11) is 0. The van der Waals surface area contributed by atoms with Gasteiger partial charge in [0.25, 0.3) is 0 Å². The average Bonchev–Trinajstić information content (AvgIpc) is 2.79. The van der Waals surface area contributed by atoms with Crippen molar-refractivity contribution in [3.63, 3.8) is 0 Å². The molecule has 0 fully saturated rings. The first-order chi connectivity index (χ1) is 15.2. The lowest BCUT2D eigenvalue weighted by molar-refractivity contribution is -0.136. The summed E-state index contributed by atoms with van der Waals surface area (Å²) in [6.45, 7) is 2.06. The summed E-state index contributed by atoms with van der Waals surface area (Å²) in [6.07, 6.45) is 1.42. The van der Waals surface area contributed by atoms with E-state index < -0.39 is 5.97 Å². The van der Waals surface area contributed by atoms with Crippen LogP contribution < -0.4 is 19.6 Å². The van der Waals surface area contributed by atoms with Crippen LogP contribution in [0, 0.1) is 0 Å². The molecule has 0 unspecified atom stereocenters. The monoisotopic (exact) mass is 416 g/mol. The van der Waals surface area contributed by atoms with Crippen LogP contribution in [-0.2, 0) is 4.79 Å². The number of ether oxygens (including phenoxy) is 3. The Bertz CT molecular complexity index is 1260. The molecule has 0 saturated carbocycles. The number of fused-ring (bicyclic) bond motifs is 1. The molecule has 6 heteroatoms. The molecule has 0 saturated heterocycles. The van der Waals surface area contributed by atoms with E-state index in [-0.39, 0.29) is 17.8 Å². The maximum absolute atomic E-state index is 12.8. The summed E-state index contributed by atoms with van der Waals surface area (Å²) in [5.74, 6) is 0.683. The van der Waals surface area contributed by atoms with E-state index in [0.29, 0.717) is 34.6 Å². The third kappa shape index (κ3) is 4.59. The Hall–Kier alpha value is -4.06. The third-order valence-electron chi connectivity index (χ3n) is 4.56. The first-order valence-electron chi connectivity index (χ1n) is 9.82. The highest BCUT2D eigenvalue weighted by molar-refractivity contribution is 5.83. The minimum absolute atomic E-state index is 0.152. The van der Waals surface area contributed by atoms with Gasteiger partial charge in [-0.2, -0.15) is 0 Å². The van der Waals surface area contributed by atoms with Gasteiger partial charge in [-0.1, -0.05) is 42.5 Å². The highest BCUT2D eigenvalue weighted by atomic mass is 16.6. The molecular weight excluding hydrogens is 396 g/mol. The van der Waals surface area contributed by atoms with Crippen molar-refractivity contribution in [2.45, 2.75) is 6.92 Å². The maximum atomic E-state index is 12.8. The molecule has 4 rings (SSSR count). The highest BCUT2D eigenvalue weighted by Crippen LogP contribution is 2.27. The normalized spacial score (nSPS) is 10.6. The van der Waals surface area contributed by atoms with E-state index in [1.165, 1.54) is 12.3 Å².